The Balaban J connectivity index is 1.43. The minimum Gasteiger partial charge on any atom is -0.310 e. The van der Waals surface area contributed by atoms with E-state index in [1.165, 1.54) is 31.4 Å². The fourth-order valence-corrected chi connectivity index (χ4v) is 5.31. The number of nitrogens with one attached hydrogen (secondary N) is 2. The van der Waals surface area contributed by atoms with E-state index in [1.54, 1.807) is 15.3 Å². The third-order valence-corrected chi connectivity index (χ3v) is 6.99. The molecule has 2 aliphatic rings. The number of thiophene rings is 1. The van der Waals surface area contributed by atoms with Gasteiger partial charge in [0, 0.05) is 28.3 Å². The minimum absolute atomic E-state index is 0.623. The van der Waals surface area contributed by atoms with Crippen LogP contribution in [0.4, 0.5) is 0 Å². The largest absolute Gasteiger partial charge is 0.310 e. The molecule has 0 bridgehead atoms. The summed E-state index contributed by atoms with van der Waals surface area (Å²) in [5.41, 5.74) is 3.93. The van der Waals surface area contributed by atoms with E-state index in [2.05, 4.69) is 57.4 Å². The number of aryl methyl sites for hydroxylation is 1. The SMILES string of the molecule is Cc1ccc(-c2nc(=S)n(C[NH+]3CCc4sccc4[C@@H]3C3CC3)[nH]2)cc1. The molecule has 26 heavy (non-hydrogen) atoms. The predicted molar refractivity (Wildman–Crippen MR) is 107 cm³/mol. The van der Waals surface area contributed by atoms with Gasteiger partial charge in [-0.05, 0) is 43.4 Å². The van der Waals surface area contributed by atoms with Crippen molar-refractivity contribution in [3.05, 3.63) is 56.5 Å². The number of nitrogens with zero attached hydrogens (tertiary/aromatic N) is 2. The molecule has 1 aliphatic carbocycles. The summed E-state index contributed by atoms with van der Waals surface area (Å²) >= 11 is 7.49. The molecule has 134 valence electrons. The highest BCUT2D eigenvalue weighted by Crippen LogP contribution is 2.42. The lowest BCUT2D eigenvalue weighted by atomic mass is 9.96. The maximum atomic E-state index is 5.56. The lowest BCUT2D eigenvalue weighted by Crippen LogP contribution is -3.13. The summed E-state index contributed by atoms with van der Waals surface area (Å²) in [5.74, 6) is 1.71. The van der Waals surface area contributed by atoms with Crippen molar-refractivity contribution in [3.8, 4) is 11.4 Å². The molecule has 3 aromatic rings. The van der Waals surface area contributed by atoms with Gasteiger partial charge in [0.15, 0.2) is 12.5 Å². The number of aromatic nitrogens is 3. The molecule has 1 aliphatic heterocycles. The topological polar surface area (TPSA) is 38.0 Å². The molecule has 0 saturated heterocycles. The maximum absolute atomic E-state index is 5.56. The van der Waals surface area contributed by atoms with Crippen molar-refractivity contribution in [1.29, 1.82) is 0 Å². The van der Waals surface area contributed by atoms with Gasteiger partial charge < -0.3 is 4.90 Å². The zero-order chi connectivity index (χ0) is 17.7. The lowest BCUT2D eigenvalue weighted by Gasteiger charge is -2.32. The Morgan fingerprint density at radius 2 is 2.08 bits per heavy atom. The van der Waals surface area contributed by atoms with Crippen molar-refractivity contribution in [2.45, 2.75) is 38.9 Å². The number of aromatic amines is 1. The smallest absolute Gasteiger partial charge is 0.221 e. The molecule has 5 rings (SSSR count). The van der Waals surface area contributed by atoms with E-state index >= 15 is 0 Å². The van der Waals surface area contributed by atoms with Crippen LogP contribution in [-0.2, 0) is 13.1 Å². The highest BCUT2D eigenvalue weighted by atomic mass is 32.1. The van der Waals surface area contributed by atoms with E-state index in [1.807, 2.05) is 11.3 Å². The molecule has 2 aromatic heterocycles. The highest BCUT2D eigenvalue weighted by Gasteiger charge is 2.43. The van der Waals surface area contributed by atoms with Crippen molar-refractivity contribution < 1.29 is 4.90 Å². The van der Waals surface area contributed by atoms with Crippen molar-refractivity contribution in [3.63, 3.8) is 0 Å². The van der Waals surface area contributed by atoms with Gasteiger partial charge in [-0.2, -0.15) is 4.98 Å². The van der Waals surface area contributed by atoms with Crippen molar-refractivity contribution in [2.75, 3.05) is 6.54 Å². The first-order chi connectivity index (χ1) is 12.7. The third kappa shape index (κ3) is 2.96. The second-order valence-electron chi connectivity index (χ2n) is 7.58. The van der Waals surface area contributed by atoms with Crippen LogP contribution in [0.1, 0.15) is 34.9 Å². The van der Waals surface area contributed by atoms with Gasteiger partial charge in [0.1, 0.15) is 6.04 Å². The second kappa shape index (κ2) is 6.44. The van der Waals surface area contributed by atoms with E-state index < -0.39 is 0 Å². The molecule has 1 saturated carbocycles. The summed E-state index contributed by atoms with van der Waals surface area (Å²) < 4.78 is 2.71. The summed E-state index contributed by atoms with van der Waals surface area (Å²) in [6.07, 6.45) is 3.91. The van der Waals surface area contributed by atoms with Crippen LogP contribution in [0.5, 0.6) is 0 Å². The Kier molecular flexibility index (Phi) is 4.07. The number of quaternary nitrogens is 1. The van der Waals surface area contributed by atoms with Crippen LogP contribution >= 0.6 is 23.6 Å². The molecule has 1 aromatic carbocycles. The number of benzene rings is 1. The molecule has 3 heterocycles. The van der Waals surface area contributed by atoms with Gasteiger partial charge in [-0.1, -0.05) is 29.8 Å². The van der Waals surface area contributed by atoms with E-state index in [0.717, 1.165) is 24.0 Å². The van der Waals surface area contributed by atoms with E-state index in [0.29, 0.717) is 10.8 Å². The van der Waals surface area contributed by atoms with Crippen molar-refractivity contribution in [1.82, 2.24) is 14.8 Å². The number of hydrogen-bond acceptors (Lipinski definition) is 3. The quantitative estimate of drug-likeness (QED) is 0.677. The van der Waals surface area contributed by atoms with Crippen molar-refractivity contribution in [2.24, 2.45) is 5.92 Å². The Morgan fingerprint density at radius 3 is 2.85 bits per heavy atom. The van der Waals surface area contributed by atoms with Crippen LogP contribution in [0.15, 0.2) is 35.7 Å². The molecule has 1 unspecified atom stereocenters. The zero-order valence-corrected chi connectivity index (χ0v) is 16.5. The van der Waals surface area contributed by atoms with Gasteiger partial charge >= 0.3 is 0 Å². The zero-order valence-electron chi connectivity index (χ0n) is 14.9. The predicted octanol–water partition coefficient (Wildman–Crippen LogP) is 3.53. The van der Waals surface area contributed by atoms with Gasteiger partial charge in [-0.25, -0.2) is 4.68 Å². The molecular weight excluding hydrogens is 360 g/mol. The minimum atomic E-state index is 0.623. The summed E-state index contributed by atoms with van der Waals surface area (Å²) in [4.78, 5) is 7.82. The maximum Gasteiger partial charge on any atom is 0.221 e. The molecule has 2 atom stereocenters. The van der Waals surface area contributed by atoms with E-state index in [-0.39, 0.29) is 0 Å². The summed E-state index contributed by atoms with van der Waals surface area (Å²) in [5, 5.41) is 5.71. The second-order valence-corrected chi connectivity index (χ2v) is 8.95. The molecule has 2 N–H and O–H groups in total. The van der Waals surface area contributed by atoms with E-state index in [9.17, 15) is 0 Å². The molecule has 1 fully saturated rings. The van der Waals surface area contributed by atoms with Gasteiger partial charge in [-0.3, -0.25) is 5.10 Å². The highest BCUT2D eigenvalue weighted by molar-refractivity contribution is 7.71. The van der Waals surface area contributed by atoms with Gasteiger partial charge in [0.05, 0.1) is 6.54 Å². The van der Waals surface area contributed by atoms with Crippen LogP contribution in [0, 0.1) is 17.6 Å². The number of hydrogen-bond donors (Lipinski definition) is 2. The van der Waals surface area contributed by atoms with E-state index in [4.69, 9.17) is 12.2 Å². The summed E-state index contributed by atoms with van der Waals surface area (Å²) in [6.45, 7) is 4.14. The normalized spacial score (nSPS) is 22.3. The number of fused-ring (bicyclic) bond motifs is 1. The molecule has 4 nitrogen and oxygen atoms in total. The molecule has 0 spiro atoms. The third-order valence-electron chi connectivity index (χ3n) is 5.69. The molecular formula is C20H23N4S2+. The Morgan fingerprint density at radius 1 is 1.27 bits per heavy atom. The Labute approximate surface area is 162 Å². The fraction of sp³-hybridized carbons (Fsp3) is 0.400. The average molecular weight is 384 g/mol. The Hall–Kier alpha value is -1.76. The van der Waals surface area contributed by atoms with Gasteiger partial charge in [0.2, 0.25) is 4.77 Å². The standard InChI is InChI=1S/C20H22N4S2/c1-13-2-4-15(5-3-13)19-21-20(25)24(22-19)12-23-10-8-17-16(9-11-26-17)18(23)14-6-7-14/h2-5,9,11,14,18H,6-8,10,12H2,1H3,(H,21,22,25)/p+1/t18-/m0/s1. The number of rotatable bonds is 4. The summed E-state index contributed by atoms with van der Waals surface area (Å²) in [7, 11) is 0. The van der Waals surface area contributed by atoms with Crippen LogP contribution in [0.3, 0.4) is 0 Å². The molecule has 6 heteroatoms. The molecule has 0 radical (unpaired) electrons. The average Bonchev–Trinajstić information content (AvgIpc) is 3.25. The first kappa shape index (κ1) is 16.4. The summed E-state index contributed by atoms with van der Waals surface area (Å²) in [6, 6.07) is 11.4. The van der Waals surface area contributed by atoms with Crippen LogP contribution in [-0.4, -0.2) is 21.3 Å². The monoisotopic (exact) mass is 383 g/mol. The number of H-pyrrole nitrogens is 1. The van der Waals surface area contributed by atoms with Crippen LogP contribution in [0.25, 0.3) is 11.4 Å². The first-order valence-electron chi connectivity index (χ1n) is 9.34. The first-order valence-corrected chi connectivity index (χ1v) is 10.6. The Bertz CT molecular complexity index is 978. The van der Waals surface area contributed by atoms with Crippen LogP contribution in [0.2, 0.25) is 0 Å². The van der Waals surface area contributed by atoms with Crippen LogP contribution < -0.4 is 4.90 Å². The lowest BCUT2D eigenvalue weighted by molar-refractivity contribution is -0.958. The van der Waals surface area contributed by atoms with Crippen molar-refractivity contribution >= 4 is 23.6 Å². The fourth-order valence-electron chi connectivity index (χ4n) is 4.18. The van der Waals surface area contributed by atoms with Gasteiger partial charge in [-0.15, -0.1) is 11.3 Å². The molecule has 0 amide bonds. The van der Waals surface area contributed by atoms with Gasteiger partial charge in [0.25, 0.3) is 0 Å².